The van der Waals surface area contributed by atoms with Gasteiger partial charge in [-0.25, -0.2) is 0 Å². The van der Waals surface area contributed by atoms with Crippen molar-refractivity contribution in [1.82, 2.24) is 5.32 Å². The molecule has 3 fully saturated rings. The molecule has 2 heterocycles. The summed E-state index contributed by atoms with van der Waals surface area (Å²) >= 11 is 1.93. The third kappa shape index (κ3) is 2.85. The van der Waals surface area contributed by atoms with Crippen LogP contribution >= 0.6 is 11.8 Å². The number of aliphatic imine (C=N–C) groups is 1. The smallest absolute Gasteiger partial charge is 0.156 e. The van der Waals surface area contributed by atoms with Crippen molar-refractivity contribution in [1.29, 1.82) is 0 Å². The predicted octanol–water partition coefficient (Wildman–Crippen LogP) is 2.66. The molecule has 0 radical (unpaired) electrons. The van der Waals surface area contributed by atoms with Gasteiger partial charge in [-0.1, -0.05) is 25.1 Å². The number of hydrogen-bond donors (Lipinski definition) is 1. The molecule has 18 heavy (non-hydrogen) atoms. The van der Waals surface area contributed by atoms with Crippen molar-refractivity contribution in [2.24, 2.45) is 16.3 Å². The second-order valence-corrected chi connectivity index (χ2v) is 7.31. The summed E-state index contributed by atoms with van der Waals surface area (Å²) in [5.41, 5.74) is 0.361. The molecule has 0 bridgehead atoms. The standard InChI is InChI=1S/C14H24N2OS/c1-14(5-7-17-8-6-14)10-15-13-16-12-4-2-3-11(12)9-18-13/h11-12H,2-10H2,1H3,(H,15,16). The Kier molecular flexibility index (Phi) is 3.85. The van der Waals surface area contributed by atoms with Gasteiger partial charge in [-0.2, -0.15) is 0 Å². The highest BCUT2D eigenvalue weighted by Gasteiger charge is 2.33. The molecule has 3 rings (SSSR count). The van der Waals surface area contributed by atoms with E-state index in [0.717, 1.165) is 38.5 Å². The summed E-state index contributed by atoms with van der Waals surface area (Å²) in [4.78, 5) is 4.85. The highest BCUT2D eigenvalue weighted by atomic mass is 32.2. The second-order valence-electron chi connectivity index (χ2n) is 6.30. The van der Waals surface area contributed by atoms with Crippen LogP contribution in [0.3, 0.4) is 0 Å². The Morgan fingerprint density at radius 3 is 3.06 bits per heavy atom. The Hall–Kier alpha value is -0.220. The lowest BCUT2D eigenvalue weighted by molar-refractivity contribution is 0.0283. The number of nitrogens with one attached hydrogen (secondary N) is 1. The van der Waals surface area contributed by atoms with Gasteiger partial charge in [-0.3, -0.25) is 4.99 Å². The molecule has 0 aromatic heterocycles. The van der Waals surface area contributed by atoms with E-state index in [1.807, 2.05) is 11.8 Å². The van der Waals surface area contributed by atoms with Crippen LogP contribution in [0.15, 0.2) is 4.99 Å². The van der Waals surface area contributed by atoms with E-state index in [4.69, 9.17) is 9.73 Å². The Morgan fingerprint density at radius 1 is 1.39 bits per heavy atom. The van der Waals surface area contributed by atoms with Gasteiger partial charge in [-0.05, 0) is 37.0 Å². The lowest BCUT2D eigenvalue weighted by Crippen LogP contribution is -2.42. The van der Waals surface area contributed by atoms with Gasteiger partial charge in [0, 0.05) is 31.6 Å². The molecule has 3 nitrogen and oxygen atoms in total. The van der Waals surface area contributed by atoms with Gasteiger partial charge in [0.25, 0.3) is 0 Å². The van der Waals surface area contributed by atoms with Gasteiger partial charge in [-0.15, -0.1) is 0 Å². The van der Waals surface area contributed by atoms with Crippen molar-refractivity contribution in [2.75, 3.05) is 25.5 Å². The van der Waals surface area contributed by atoms with Crippen LogP contribution in [0.5, 0.6) is 0 Å². The summed E-state index contributed by atoms with van der Waals surface area (Å²) in [7, 11) is 0. The molecule has 1 saturated carbocycles. The maximum absolute atomic E-state index is 5.44. The third-order valence-corrected chi connectivity index (χ3v) is 5.82. The first-order valence-corrected chi connectivity index (χ1v) is 8.25. The molecule has 102 valence electrons. The van der Waals surface area contributed by atoms with Gasteiger partial charge in [0.05, 0.1) is 0 Å². The van der Waals surface area contributed by atoms with Crippen molar-refractivity contribution in [3.63, 3.8) is 0 Å². The minimum absolute atomic E-state index is 0.361. The summed E-state index contributed by atoms with van der Waals surface area (Å²) in [6, 6.07) is 0.715. The molecule has 4 heteroatoms. The Morgan fingerprint density at radius 2 is 2.22 bits per heavy atom. The lowest BCUT2D eigenvalue weighted by Gasteiger charge is -2.33. The molecule has 2 aliphatic heterocycles. The average molecular weight is 268 g/mol. The van der Waals surface area contributed by atoms with Crippen LogP contribution in [0.4, 0.5) is 0 Å². The van der Waals surface area contributed by atoms with E-state index in [0.29, 0.717) is 11.5 Å². The lowest BCUT2D eigenvalue weighted by atomic mass is 9.83. The second kappa shape index (κ2) is 5.41. The van der Waals surface area contributed by atoms with Gasteiger partial charge < -0.3 is 10.1 Å². The minimum atomic E-state index is 0.361. The molecule has 1 N–H and O–H groups in total. The zero-order valence-corrected chi connectivity index (χ0v) is 12.1. The highest BCUT2D eigenvalue weighted by Crippen LogP contribution is 2.34. The van der Waals surface area contributed by atoms with Crippen LogP contribution < -0.4 is 5.32 Å². The third-order valence-electron chi connectivity index (χ3n) is 4.71. The van der Waals surface area contributed by atoms with Crippen molar-refractivity contribution in [3.05, 3.63) is 0 Å². The fraction of sp³-hybridized carbons (Fsp3) is 0.929. The largest absolute Gasteiger partial charge is 0.381 e. The number of nitrogens with zero attached hydrogens (tertiary/aromatic N) is 1. The molecule has 1 aliphatic carbocycles. The fourth-order valence-electron chi connectivity index (χ4n) is 3.19. The van der Waals surface area contributed by atoms with Crippen molar-refractivity contribution in [2.45, 2.75) is 45.1 Å². The maximum Gasteiger partial charge on any atom is 0.156 e. The summed E-state index contributed by atoms with van der Waals surface area (Å²) in [5.74, 6) is 2.17. The van der Waals surface area contributed by atoms with Crippen molar-refractivity contribution >= 4 is 16.9 Å². The van der Waals surface area contributed by atoms with E-state index in [9.17, 15) is 0 Å². The molecular weight excluding hydrogens is 244 g/mol. The highest BCUT2D eigenvalue weighted by molar-refractivity contribution is 8.13. The number of thioether (sulfide) groups is 1. The zero-order valence-electron chi connectivity index (χ0n) is 11.3. The van der Waals surface area contributed by atoms with Gasteiger partial charge in [0.15, 0.2) is 5.17 Å². The summed E-state index contributed by atoms with van der Waals surface area (Å²) < 4.78 is 5.44. The molecule has 2 saturated heterocycles. The predicted molar refractivity (Wildman–Crippen MR) is 77.2 cm³/mol. The number of fused-ring (bicyclic) bond motifs is 1. The Labute approximate surface area is 114 Å². The Bertz CT molecular complexity index is 326. The van der Waals surface area contributed by atoms with E-state index >= 15 is 0 Å². The molecule has 2 atom stereocenters. The van der Waals surface area contributed by atoms with Crippen LogP contribution in [-0.2, 0) is 4.74 Å². The molecule has 0 aromatic rings. The molecule has 0 amide bonds. The zero-order chi connectivity index (χ0) is 12.4. The first-order valence-electron chi connectivity index (χ1n) is 7.27. The monoisotopic (exact) mass is 268 g/mol. The number of ether oxygens (including phenoxy) is 1. The minimum Gasteiger partial charge on any atom is -0.381 e. The van der Waals surface area contributed by atoms with E-state index in [2.05, 4.69) is 12.2 Å². The molecule has 3 aliphatic rings. The van der Waals surface area contributed by atoms with Crippen LogP contribution in [0.25, 0.3) is 0 Å². The first-order chi connectivity index (χ1) is 8.75. The average Bonchev–Trinajstić information content (AvgIpc) is 2.85. The number of amidine groups is 1. The van der Waals surface area contributed by atoms with Crippen LogP contribution in [0.2, 0.25) is 0 Å². The summed E-state index contributed by atoms with van der Waals surface area (Å²) in [6.07, 6.45) is 6.45. The normalized spacial score (nSPS) is 37.3. The molecular formula is C14H24N2OS. The van der Waals surface area contributed by atoms with Crippen LogP contribution in [0.1, 0.15) is 39.0 Å². The van der Waals surface area contributed by atoms with Crippen LogP contribution in [0, 0.1) is 11.3 Å². The molecule has 0 aromatic carbocycles. The van der Waals surface area contributed by atoms with Gasteiger partial charge in [0.2, 0.25) is 0 Å². The molecule has 2 unspecified atom stereocenters. The van der Waals surface area contributed by atoms with E-state index in [1.54, 1.807) is 0 Å². The van der Waals surface area contributed by atoms with E-state index in [-0.39, 0.29) is 0 Å². The Balaban J connectivity index is 1.56. The van der Waals surface area contributed by atoms with Crippen LogP contribution in [-0.4, -0.2) is 36.7 Å². The number of rotatable bonds is 2. The molecule has 0 spiro atoms. The van der Waals surface area contributed by atoms with E-state index in [1.165, 1.54) is 30.2 Å². The fourth-order valence-corrected chi connectivity index (χ4v) is 4.35. The first kappa shape index (κ1) is 12.8. The maximum atomic E-state index is 5.44. The van der Waals surface area contributed by atoms with E-state index < -0.39 is 0 Å². The van der Waals surface area contributed by atoms with Crippen molar-refractivity contribution < 1.29 is 4.74 Å². The summed E-state index contributed by atoms with van der Waals surface area (Å²) in [5, 5.41) is 4.85. The van der Waals surface area contributed by atoms with Crippen molar-refractivity contribution in [3.8, 4) is 0 Å². The van der Waals surface area contributed by atoms with Gasteiger partial charge >= 0.3 is 0 Å². The topological polar surface area (TPSA) is 33.6 Å². The quantitative estimate of drug-likeness (QED) is 0.836. The number of hydrogen-bond acceptors (Lipinski definition) is 3. The SMILES string of the molecule is CC1(CN=C2NC3CCCC3CS2)CCOCC1. The summed E-state index contributed by atoms with van der Waals surface area (Å²) in [6.45, 7) is 5.13. The van der Waals surface area contributed by atoms with Gasteiger partial charge in [0.1, 0.15) is 0 Å².